The first-order valence-electron chi connectivity index (χ1n) is 6.13. The molecule has 0 amide bonds. The van der Waals surface area contributed by atoms with E-state index in [-0.39, 0.29) is 18.3 Å². The maximum absolute atomic E-state index is 12.2. The van der Waals surface area contributed by atoms with E-state index in [0.717, 1.165) is 24.8 Å². The van der Waals surface area contributed by atoms with Gasteiger partial charge in [0.05, 0.1) is 13.2 Å². The molecule has 0 aromatic heterocycles. The monoisotopic (exact) mass is 234 g/mol. The van der Waals surface area contributed by atoms with Gasteiger partial charge in [-0.1, -0.05) is 24.3 Å². The molecule has 0 saturated carbocycles. The molecule has 1 aromatic carbocycles. The SMILES string of the molecule is O=C1c2ccccc2CCC1CCOCCO. The number of ether oxygens (including phenoxy) is 1. The summed E-state index contributed by atoms with van der Waals surface area (Å²) < 4.78 is 5.22. The average molecular weight is 234 g/mol. The van der Waals surface area contributed by atoms with Crippen LogP contribution >= 0.6 is 0 Å². The van der Waals surface area contributed by atoms with E-state index in [1.165, 1.54) is 5.56 Å². The highest BCUT2D eigenvalue weighted by Crippen LogP contribution is 2.27. The van der Waals surface area contributed by atoms with Crippen LogP contribution in [0.1, 0.15) is 28.8 Å². The maximum atomic E-state index is 12.2. The number of Topliss-reactive ketones (excluding diaryl/α,β-unsaturated/α-hetero) is 1. The molecule has 0 saturated heterocycles. The van der Waals surface area contributed by atoms with Gasteiger partial charge in [0.1, 0.15) is 0 Å². The van der Waals surface area contributed by atoms with Crippen molar-refractivity contribution in [2.24, 2.45) is 5.92 Å². The summed E-state index contributed by atoms with van der Waals surface area (Å²) in [6.07, 6.45) is 2.65. The number of rotatable bonds is 5. The summed E-state index contributed by atoms with van der Waals surface area (Å²) in [5.74, 6) is 0.336. The maximum Gasteiger partial charge on any atom is 0.166 e. The van der Waals surface area contributed by atoms with Crippen LogP contribution in [-0.2, 0) is 11.2 Å². The number of hydrogen-bond acceptors (Lipinski definition) is 3. The molecule has 1 unspecified atom stereocenters. The van der Waals surface area contributed by atoms with Crippen molar-refractivity contribution in [1.82, 2.24) is 0 Å². The van der Waals surface area contributed by atoms with Crippen molar-refractivity contribution >= 4 is 5.78 Å². The van der Waals surface area contributed by atoms with E-state index in [9.17, 15) is 4.79 Å². The predicted molar refractivity (Wildman–Crippen MR) is 65.1 cm³/mol. The second-order valence-electron chi connectivity index (χ2n) is 4.38. The number of ketones is 1. The summed E-state index contributed by atoms with van der Waals surface area (Å²) in [5, 5.41) is 8.59. The fourth-order valence-corrected chi connectivity index (χ4v) is 2.33. The third-order valence-electron chi connectivity index (χ3n) is 3.26. The highest BCUT2D eigenvalue weighted by Gasteiger charge is 2.26. The van der Waals surface area contributed by atoms with E-state index in [1.54, 1.807) is 0 Å². The Labute approximate surface area is 101 Å². The smallest absolute Gasteiger partial charge is 0.166 e. The van der Waals surface area contributed by atoms with Gasteiger partial charge >= 0.3 is 0 Å². The Balaban J connectivity index is 1.93. The van der Waals surface area contributed by atoms with Crippen molar-refractivity contribution in [2.45, 2.75) is 19.3 Å². The highest BCUT2D eigenvalue weighted by atomic mass is 16.5. The molecule has 17 heavy (non-hydrogen) atoms. The summed E-state index contributed by atoms with van der Waals surface area (Å²) >= 11 is 0. The van der Waals surface area contributed by atoms with Crippen LogP contribution in [0.2, 0.25) is 0 Å². The van der Waals surface area contributed by atoms with Crippen LogP contribution in [0.5, 0.6) is 0 Å². The lowest BCUT2D eigenvalue weighted by Gasteiger charge is -2.23. The van der Waals surface area contributed by atoms with Gasteiger partial charge in [-0.2, -0.15) is 0 Å². The molecule has 1 atom stereocenters. The standard InChI is InChI=1S/C14H18O3/c15-8-10-17-9-7-12-6-5-11-3-1-2-4-13(11)14(12)16/h1-4,12,15H,5-10H2. The van der Waals surface area contributed by atoms with Gasteiger partial charge in [-0.05, 0) is 24.8 Å². The third kappa shape index (κ3) is 2.93. The number of benzene rings is 1. The van der Waals surface area contributed by atoms with Gasteiger partial charge in [-0.25, -0.2) is 0 Å². The summed E-state index contributed by atoms with van der Waals surface area (Å²) in [5.41, 5.74) is 2.05. The molecule has 0 aliphatic heterocycles. The van der Waals surface area contributed by atoms with Gasteiger partial charge in [0.15, 0.2) is 5.78 Å². The molecule has 1 aliphatic rings. The summed E-state index contributed by atoms with van der Waals surface area (Å²) in [7, 11) is 0. The molecule has 2 rings (SSSR count). The Morgan fingerprint density at radius 1 is 1.29 bits per heavy atom. The van der Waals surface area contributed by atoms with Crippen molar-refractivity contribution < 1.29 is 14.6 Å². The molecule has 0 bridgehead atoms. The number of carbonyl (C=O) groups excluding carboxylic acids is 1. The van der Waals surface area contributed by atoms with E-state index in [0.29, 0.717) is 13.2 Å². The van der Waals surface area contributed by atoms with Gasteiger partial charge in [-0.15, -0.1) is 0 Å². The predicted octanol–water partition coefficient (Wildman–Crippen LogP) is 1.83. The van der Waals surface area contributed by atoms with Gasteiger partial charge in [-0.3, -0.25) is 4.79 Å². The Morgan fingerprint density at radius 3 is 2.94 bits per heavy atom. The molecule has 1 aromatic rings. The zero-order valence-electron chi connectivity index (χ0n) is 9.89. The Kier molecular flexibility index (Phi) is 4.29. The number of aliphatic hydroxyl groups is 1. The van der Waals surface area contributed by atoms with Crippen LogP contribution in [0.15, 0.2) is 24.3 Å². The summed E-state index contributed by atoms with van der Waals surface area (Å²) in [4.78, 5) is 12.2. The van der Waals surface area contributed by atoms with Crippen LogP contribution in [0.4, 0.5) is 0 Å². The molecule has 3 nitrogen and oxygen atoms in total. The van der Waals surface area contributed by atoms with Crippen LogP contribution in [-0.4, -0.2) is 30.7 Å². The fourth-order valence-electron chi connectivity index (χ4n) is 2.33. The second-order valence-corrected chi connectivity index (χ2v) is 4.38. The molecule has 92 valence electrons. The van der Waals surface area contributed by atoms with Gasteiger partial charge < -0.3 is 9.84 Å². The first kappa shape index (κ1) is 12.3. The van der Waals surface area contributed by atoms with Crippen LogP contribution in [0.25, 0.3) is 0 Å². The minimum absolute atomic E-state index is 0.0431. The first-order valence-corrected chi connectivity index (χ1v) is 6.13. The lowest BCUT2D eigenvalue weighted by atomic mass is 9.81. The summed E-state index contributed by atoms with van der Waals surface area (Å²) in [6, 6.07) is 7.85. The van der Waals surface area contributed by atoms with Crippen LogP contribution < -0.4 is 0 Å². The third-order valence-corrected chi connectivity index (χ3v) is 3.26. The number of carbonyl (C=O) groups is 1. The minimum atomic E-state index is 0.0431. The van der Waals surface area contributed by atoms with E-state index in [1.807, 2.05) is 24.3 Å². The minimum Gasteiger partial charge on any atom is -0.394 e. The number of fused-ring (bicyclic) bond motifs is 1. The molecule has 1 N–H and O–H groups in total. The molecule has 1 aliphatic carbocycles. The fraction of sp³-hybridized carbons (Fsp3) is 0.500. The number of hydrogen-bond donors (Lipinski definition) is 1. The topological polar surface area (TPSA) is 46.5 Å². The molecular weight excluding hydrogens is 216 g/mol. The van der Waals surface area contributed by atoms with Crippen molar-refractivity contribution in [1.29, 1.82) is 0 Å². The number of aliphatic hydroxyl groups excluding tert-OH is 1. The largest absolute Gasteiger partial charge is 0.394 e. The van der Waals surface area contributed by atoms with E-state index < -0.39 is 0 Å². The van der Waals surface area contributed by atoms with Crippen molar-refractivity contribution in [3.63, 3.8) is 0 Å². The first-order chi connectivity index (χ1) is 8.33. The summed E-state index contributed by atoms with van der Waals surface area (Å²) in [6.45, 7) is 0.956. The lowest BCUT2D eigenvalue weighted by Crippen LogP contribution is -2.24. The number of aryl methyl sites for hydroxylation is 1. The van der Waals surface area contributed by atoms with Gasteiger partial charge in [0.2, 0.25) is 0 Å². The van der Waals surface area contributed by atoms with E-state index >= 15 is 0 Å². The highest BCUT2D eigenvalue weighted by molar-refractivity contribution is 6.00. The van der Waals surface area contributed by atoms with Gasteiger partial charge in [0, 0.05) is 18.1 Å². The Hall–Kier alpha value is -1.19. The van der Waals surface area contributed by atoms with Crippen LogP contribution in [0.3, 0.4) is 0 Å². The lowest BCUT2D eigenvalue weighted by molar-refractivity contribution is 0.0713. The average Bonchev–Trinajstić information content (AvgIpc) is 2.37. The van der Waals surface area contributed by atoms with Crippen molar-refractivity contribution in [2.75, 3.05) is 19.8 Å². The van der Waals surface area contributed by atoms with E-state index in [2.05, 4.69) is 0 Å². The molecule has 0 fully saturated rings. The molecule has 0 heterocycles. The molecule has 3 heteroatoms. The van der Waals surface area contributed by atoms with Crippen molar-refractivity contribution in [3.05, 3.63) is 35.4 Å². The van der Waals surface area contributed by atoms with Crippen molar-refractivity contribution in [3.8, 4) is 0 Å². The normalized spacial score (nSPS) is 19.1. The molecule has 0 spiro atoms. The Morgan fingerprint density at radius 2 is 2.12 bits per heavy atom. The zero-order chi connectivity index (χ0) is 12.1. The quantitative estimate of drug-likeness (QED) is 0.791. The van der Waals surface area contributed by atoms with E-state index in [4.69, 9.17) is 9.84 Å². The zero-order valence-corrected chi connectivity index (χ0v) is 9.89. The second kappa shape index (κ2) is 5.94. The molecule has 0 radical (unpaired) electrons. The Bertz CT molecular complexity index is 387. The van der Waals surface area contributed by atoms with Crippen LogP contribution in [0, 0.1) is 5.92 Å². The molecular formula is C14H18O3. The van der Waals surface area contributed by atoms with Gasteiger partial charge in [0.25, 0.3) is 0 Å².